The first-order chi connectivity index (χ1) is 11.6. The van der Waals surface area contributed by atoms with Crippen molar-refractivity contribution >= 4 is 5.97 Å². The first-order valence-electron chi connectivity index (χ1n) is 7.54. The molecule has 1 atom stereocenters. The van der Waals surface area contributed by atoms with E-state index in [0.717, 1.165) is 5.56 Å². The lowest BCUT2D eigenvalue weighted by Gasteiger charge is -2.25. The molecule has 1 N–H and O–H groups in total. The molecule has 1 unspecified atom stereocenters. The maximum atomic E-state index is 11.8. The third-order valence-corrected chi connectivity index (χ3v) is 3.95. The Morgan fingerprint density at radius 2 is 2.04 bits per heavy atom. The number of methoxy groups -OCH3 is 1. The number of ether oxygens (including phenoxy) is 3. The second kappa shape index (κ2) is 6.80. The van der Waals surface area contributed by atoms with Gasteiger partial charge in [-0.05, 0) is 42.4 Å². The van der Waals surface area contributed by atoms with Crippen molar-refractivity contribution in [2.24, 2.45) is 0 Å². The van der Waals surface area contributed by atoms with E-state index in [1.54, 1.807) is 43.3 Å². The normalized spacial score (nSPS) is 13.8. The number of hydrogen-bond donors (Lipinski definition) is 1. The van der Waals surface area contributed by atoms with Crippen LogP contribution in [0.2, 0.25) is 0 Å². The van der Waals surface area contributed by atoms with Gasteiger partial charge in [-0.1, -0.05) is 18.2 Å². The van der Waals surface area contributed by atoms with Gasteiger partial charge in [0, 0.05) is 6.54 Å². The number of likely N-dealkylation sites (N-methyl/N-ethyl adjacent to an activating group) is 1. The van der Waals surface area contributed by atoms with E-state index in [1.807, 2.05) is 18.2 Å². The Bertz CT molecular complexity index is 746. The van der Waals surface area contributed by atoms with Crippen molar-refractivity contribution in [3.8, 4) is 17.2 Å². The number of hydrogen-bond acceptors (Lipinski definition) is 5. The molecule has 0 radical (unpaired) electrons. The van der Waals surface area contributed by atoms with Crippen LogP contribution in [0.3, 0.4) is 0 Å². The molecule has 0 saturated heterocycles. The van der Waals surface area contributed by atoms with Crippen molar-refractivity contribution in [2.45, 2.75) is 12.6 Å². The molecule has 2 aromatic rings. The third-order valence-electron chi connectivity index (χ3n) is 3.95. The van der Waals surface area contributed by atoms with Gasteiger partial charge in [-0.15, -0.1) is 0 Å². The van der Waals surface area contributed by atoms with Crippen LogP contribution in [0.4, 0.5) is 0 Å². The Labute approximate surface area is 140 Å². The summed E-state index contributed by atoms with van der Waals surface area (Å²) in [4.78, 5) is 13.6. The Hall–Kier alpha value is -2.73. The van der Waals surface area contributed by atoms with Crippen molar-refractivity contribution in [2.75, 3.05) is 21.0 Å². The van der Waals surface area contributed by atoms with Gasteiger partial charge in [-0.3, -0.25) is 9.69 Å². The fourth-order valence-electron chi connectivity index (χ4n) is 2.82. The minimum atomic E-state index is -0.911. The molecule has 6 heteroatoms. The molecular formula is C18H19NO5. The summed E-state index contributed by atoms with van der Waals surface area (Å²) >= 11 is 0. The topological polar surface area (TPSA) is 68.2 Å². The van der Waals surface area contributed by atoms with Gasteiger partial charge in [-0.25, -0.2) is 0 Å². The van der Waals surface area contributed by atoms with Crippen molar-refractivity contribution in [1.82, 2.24) is 4.90 Å². The second-order valence-corrected chi connectivity index (χ2v) is 5.62. The molecule has 6 nitrogen and oxygen atoms in total. The summed E-state index contributed by atoms with van der Waals surface area (Å²) in [5.74, 6) is 1.12. The van der Waals surface area contributed by atoms with E-state index in [2.05, 4.69) is 0 Å². The largest absolute Gasteiger partial charge is 0.497 e. The van der Waals surface area contributed by atoms with Crippen LogP contribution in [0.15, 0.2) is 42.5 Å². The number of carboxylic acid groups (broad SMARTS) is 1. The fraction of sp³-hybridized carbons (Fsp3) is 0.278. The van der Waals surface area contributed by atoms with Crippen molar-refractivity contribution < 1.29 is 24.1 Å². The van der Waals surface area contributed by atoms with Crippen LogP contribution in [0, 0.1) is 0 Å². The molecule has 0 aliphatic carbocycles. The van der Waals surface area contributed by atoms with E-state index in [9.17, 15) is 9.90 Å². The maximum absolute atomic E-state index is 11.8. The highest BCUT2D eigenvalue weighted by Gasteiger charge is 2.25. The van der Waals surface area contributed by atoms with Crippen LogP contribution in [-0.2, 0) is 11.3 Å². The smallest absolute Gasteiger partial charge is 0.325 e. The zero-order valence-corrected chi connectivity index (χ0v) is 13.6. The van der Waals surface area contributed by atoms with Gasteiger partial charge >= 0.3 is 5.97 Å². The highest BCUT2D eigenvalue weighted by atomic mass is 16.7. The number of benzene rings is 2. The van der Waals surface area contributed by atoms with Gasteiger partial charge in [0.25, 0.3) is 0 Å². The van der Waals surface area contributed by atoms with Gasteiger partial charge in [0.2, 0.25) is 6.79 Å². The van der Waals surface area contributed by atoms with E-state index >= 15 is 0 Å². The van der Waals surface area contributed by atoms with Gasteiger partial charge in [0.1, 0.15) is 11.8 Å². The van der Waals surface area contributed by atoms with E-state index in [0.29, 0.717) is 29.4 Å². The average molecular weight is 329 g/mol. The zero-order chi connectivity index (χ0) is 17.1. The number of aliphatic carboxylic acids is 1. The van der Waals surface area contributed by atoms with Crippen LogP contribution < -0.4 is 14.2 Å². The van der Waals surface area contributed by atoms with Crippen molar-refractivity contribution in [3.63, 3.8) is 0 Å². The Balaban J connectivity index is 1.82. The lowest BCUT2D eigenvalue weighted by Crippen LogP contribution is -2.30. The number of carboxylic acids is 1. The van der Waals surface area contributed by atoms with Gasteiger partial charge in [-0.2, -0.15) is 0 Å². The lowest BCUT2D eigenvalue weighted by atomic mass is 10.0. The zero-order valence-electron chi connectivity index (χ0n) is 13.6. The predicted molar refractivity (Wildman–Crippen MR) is 87.4 cm³/mol. The Kier molecular flexibility index (Phi) is 4.57. The molecule has 0 amide bonds. The number of rotatable bonds is 6. The first kappa shape index (κ1) is 16.1. The number of carbonyl (C=O) groups is 1. The Morgan fingerprint density at radius 3 is 2.79 bits per heavy atom. The summed E-state index contributed by atoms with van der Waals surface area (Å²) in [7, 11) is 3.34. The molecule has 3 rings (SSSR count). The molecule has 0 spiro atoms. The molecule has 0 aromatic heterocycles. The molecule has 24 heavy (non-hydrogen) atoms. The van der Waals surface area contributed by atoms with E-state index < -0.39 is 12.0 Å². The summed E-state index contributed by atoms with van der Waals surface area (Å²) in [6.07, 6.45) is 0. The minimum absolute atomic E-state index is 0.218. The van der Waals surface area contributed by atoms with Crippen LogP contribution in [0.5, 0.6) is 17.2 Å². The highest BCUT2D eigenvalue weighted by Crippen LogP contribution is 2.33. The molecule has 126 valence electrons. The van der Waals surface area contributed by atoms with Gasteiger partial charge < -0.3 is 19.3 Å². The fourth-order valence-corrected chi connectivity index (χ4v) is 2.82. The predicted octanol–water partition coefficient (Wildman–Crippen LogP) is 2.68. The van der Waals surface area contributed by atoms with E-state index in [4.69, 9.17) is 14.2 Å². The molecule has 0 saturated carbocycles. The van der Waals surface area contributed by atoms with Crippen molar-refractivity contribution in [3.05, 3.63) is 53.6 Å². The van der Waals surface area contributed by atoms with Crippen LogP contribution in [0.25, 0.3) is 0 Å². The van der Waals surface area contributed by atoms with Crippen LogP contribution >= 0.6 is 0 Å². The summed E-state index contributed by atoms with van der Waals surface area (Å²) in [6, 6.07) is 12.0. The molecule has 1 aliphatic heterocycles. The second-order valence-electron chi connectivity index (χ2n) is 5.62. The summed E-state index contributed by atoms with van der Waals surface area (Å²) in [6.45, 7) is 0.682. The number of nitrogens with zero attached hydrogens (tertiary/aromatic N) is 1. The molecule has 0 fully saturated rings. The first-order valence-corrected chi connectivity index (χ1v) is 7.54. The van der Waals surface area contributed by atoms with Gasteiger partial charge in [0.05, 0.1) is 7.11 Å². The standard InChI is InChI=1S/C18H19NO5/c1-19(10-12-6-7-15-16(8-12)24-11-23-15)17(18(20)21)13-4-3-5-14(9-13)22-2/h3-9,17H,10-11H2,1-2H3,(H,20,21). The molecular weight excluding hydrogens is 310 g/mol. The monoisotopic (exact) mass is 329 g/mol. The molecule has 1 heterocycles. The summed E-state index contributed by atoms with van der Waals surface area (Å²) in [5, 5.41) is 9.67. The average Bonchev–Trinajstić information content (AvgIpc) is 3.02. The Morgan fingerprint density at radius 1 is 1.25 bits per heavy atom. The highest BCUT2D eigenvalue weighted by molar-refractivity contribution is 5.75. The van der Waals surface area contributed by atoms with E-state index in [1.165, 1.54) is 0 Å². The van der Waals surface area contributed by atoms with Crippen LogP contribution in [0.1, 0.15) is 17.2 Å². The number of fused-ring (bicyclic) bond motifs is 1. The SMILES string of the molecule is COc1cccc(C(C(=O)O)N(C)Cc2ccc3c(c2)OCO3)c1. The van der Waals surface area contributed by atoms with E-state index in [-0.39, 0.29) is 6.79 Å². The lowest BCUT2D eigenvalue weighted by molar-refractivity contribution is -0.143. The van der Waals surface area contributed by atoms with Crippen molar-refractivity contribution in [1.29, 1.82) is 0 Å². The van der Waals surface area contributed by atoms with Gasteiger partial charge in [0.15, 0.2) is 11.5 Å². The maximum Gasteiger partial charge on any atom is 0.325 e. The molecule has 1 aliphatic rings. The third kappa shape index (κ3) is 3.28. The summed E-state index contributed by atoms with van der Waals surface area (Å²) < 4.78 is 15.9. The quantitative estimate of drug-likeness (QED) is 0.879. The minimum Gasteiger partial charge on any atom is -0.497 e. The van der Waals surface area contributed by atoms with Crippen LogP contribution in [-0.4, -0.2) is 36.9 Å². The summed E-state index contributed by atoms with van der Waals surface area (Å²) in [5.41, 5.74) is 1.63. The molecule has 2 aromatic carbocycles. The molecule has 0 bridgehead atoms.